The minimum absolute atomic E-state index is 0.315. The van der Waals surface area contributed by atoms with Crippen molar-refractivity contribution < 1.29 is 8.78 Å². The number of halogens is 2. The van der Waals surface area contributed by atoms with E-state index in [0.717, 1.165) is 49.0 Å². The molecule has 28 heavy (non-hydrogen) atoms. The van der Waals surface area contributed by atoms with E-state index >= 15 is 0 Å². The lowest BCUT2D eigenvalue weighted by Crippen LogP contribution is -2.50. The number of likely N-dealkylation sites (N-methyl/N-ethyl adjacent to an activating group) is 1. The van der Waals surface area contributed by atoms with Crippen LogP contribution in [0.5, 0.6) is 0 Å². The largest absolute Gasteiger partial charge is 0.352 e. The van der Waals surface area contributed by atoms with Crippen LogP contribution in [0.4, 0.5) is 14.6 Å². The lowest BCUT2D eigenvalue weighted by Gasteiger charge is -2.37. The summed E-state index contributed by atoms with van der Waals surface area (Å²) in [6.07, 6.45) is 3.14. The quantitative estimate of drug-likeness (QED) is 0.689. The van der Waals surface area contributed by atoms with Gasteiger partial charge in [-0.15, -0.1) is 5.10 Å². The highest BCUT2D eigenvalue weighted by Crippen LogP contribution is 2.30. The summed E-state index contributed by atoms with van der Waals surface area (Å²) in [5, 5.41) is 5.64. The number of alkyl halides is 2. The summed E-state index contributed by atoms with van der Waals surface area (Å²) in [6, 6.07) is 3.88. The van der Waals surface area contributed by atoms with E-state index in [-0.39, 0.29) is 0 Å². The van der Waals surface area contributed by atoms with Crippen LogP contribution in [0.1, 0.15) is 25.4 Å². The Bertz CT molecular complexity index is 1010. The Morgan fingerprint density at radius 2 is 2.00 bits per heavy atom. The summed E-state index contributed by atoms with van der Waals surface area (Å²) in [5.74, 6) is -2.53. The Morgan fingerprint density at radius 3 is 2.71 bits per heavy atom. The smallest absolute Gasteiger partial charge is 0.303 e. The van der Waals surface area contributed by atoms with Gasteiger partial charge in [0.1, 0.15) is 0 Å². The Kier molecular flexibility index (Phi) is 4.49. The molecule has 9 heteroatoms. The summed E-state index contributed by atoms with van der Waals surface area (Å²) in [4.78, 5) is 16.7. The average Bonchev–Trinajstić information content (AvgIpc) is 3.02. The topological polar surface area (TPSA) is 63.0 Å². The molecule has 1 fully saturated rings. The minimum Gasteiger partial charge on any atom is -0.352 e. The van der Waals surface area contributed by atoms with E-state index in [1.807, 2.05) is 13.0 Å². The van der Waals surface area contributed by atoms with Crippen molar-refractivity contribution in [2.45, 2.75) is 32.7 Å². The number of anilines is 1. The SMILES string of the molecule is Cc1cc2c(cn1)c(N1CCN(C)C(C)C1)nn2-c1ccnc(C(C)(F)F)n1. The van der Waals surface area contributed by atoms with Crippen LogP contribution in [-0.2, 0) is 5.92 Å². The van der Waals surface area contributed by atoms with E-state index in [0.29, 0.717) is 11.9 Å². The predicted molar refractivity (Wildman–Crippen MR) is 103 cm³/mol. The molecular formula is C19H23F2N7. The van der Waals surface area contributed by atoms with E-state index < -0.39 is 11.7 Å². The maximum atomic E-state index is 13.7. The molecule has 0 aromatic carbocycles. The average molecular weight is 387 g/mol. The summed E-state index contributed by atoms with van der Waals surface area (Å²) >= 11 is 0. The second-order valence-corrected chi connectivity index (χ2v) is 7.48. The molecule has 4 rings (SSSR count). The van der Waals surface area contributed by atoms with Gasteiger partial charge < -0.3 is 9.80 Å². The standard InChI is InChI=1S/C19H23F2N7/c1-12-9-15-14(10-23-12)17(27-8-7-26(4)13(2)11-27)25-28(15)16-5-6-22-18(24-16)19(3,20)21/h5-6,9-10,13H,7-8,11H2,1-4H3. The number of pyridine rings is 1. The van der Waals surface area contributed by atoms with Crippen molar-refractivity contribution in [1.82, 2.24) is 29.6 Å². The van der Waals surface area contributed by atoms with Crippen LogP contribution in [0.15, 0.2) is 24.5 Å². The predicted octanol–water partition coefficient (Wildman–Crippen LogP) is 2.77. The third kappa shape index (κ3) is 3.30. The number of nitrogens with zero attached hydrogens (tertiary/aromatic N) is 7. The molecule has 0 N–H and O–H groups in total. The number of piperazine rings is 1. The van der Waals surface area contributed by atoms with Crippen LogP contribution < -0.4 is 4.90 Å². The van der Waals surface area contributed by atoms with Gasteiger partial charge in [0, 0.05) is 56.8 Å². The van der Waals surface area contributed by atoms with Gasteiger partial charge in [-0.3, -0.25) is 4.98 Å². The molecule has 148 valence electrons. The molecule has 1 atom stereocenters. The number of aryl methyl sites for hydroxylation is 1. The molecule has 0 radical (unpaired) electrons. The summed E-state index contributed by atoms with van der Waals surface area (Å²) in [6.45, 7) is 7.45. The molecular weight excluding hydrogens is 364 g/mol. The number of hydrogen-bond donors (Lipinski definition) is 0. The van der Waals surface area contributed by atoms with E-state index in [9.17, 15) is 8.78 Å². The molecule has 3 aromatic rings. The fourth-order valence-electron chi connectivity index (χ4n) is 3.42. The molecule has 0 saturated carbocycles. The van der Waals surface area contributed by atoms with Crippen LogP contribution in [0.2, 0.25) is 0 Å². The van der Waals surface area contributed by atoms with Crippen LogP contribution in [0.25, 0.3) is 16.7 Å². The number of rotatable bonds is 3. The zero-order chi connectivity index (χ0) is 20.1. The van der Waals surface area contributed by atoms with Crippen LogP contribution in [0, 0.1) is 6.92 Å². The molecule has 1 aliphatic heterocycles. The van der Waals surface area contributed by atoms with Crippen LogP contribution >= 0.6 is 0 Å². The van der Waals surface area contributed by atoms with E-state index in [1.54, 1.807) is 16.9 Å². The number of aromatic nitrogens is 5. The molecule has 1 unspecified atom stereocenters. The summed E-state index contributed by atoms with van der Waals surface area (Å²) < 4.78 is 29.1. The Morgan fingerprint density at radius 1 is 1.21 bits per heavy atom. The third-order valence-electron chi connectivity index (χ3n) is 5.19. The molecule has 1 aliphatic rings. The van der Waals surface area contributed by atoms with Crippen LogP contribution in [-0.4, -0.2) is 62.4 Å². The second kappa shape index (κ2) is 6.73. The zero-order valence-corrected chi connectivity index (χ0v) is 16.4. The van der Waals surface area contributed by atoms with Gasteiger partial charge in [0.15, 0.2) is 11.6 Å². The van der Waals surface area contributed by atoms with E-state index in [1.165, 1.54) is 6.20 Å². The third-order valence-corrected chi connectivity index (χ3v) is 5.19. The van der Waals surface area contributed by atoms with E-state index in [4.69, 9.17) is 5.10 Å². The summed E-state index contributed by atoms with van der Waals surface area (Å²) in [7, 11) is 2.11. The van der Waals surface area contributed by atoms with Gasteiger partial charge in [0.2, 0.25) is 5.82 Å². The fraction of sp³-hybridized carbons (Fsp3) is 0.474. The lowest BCUT2D eigenvalue weighted by atomic mass is 10.2. The molecule has 3 aromatic heterocycles. The van der Waals surface area contributed by atoms with Gasteiger partial charge in [-0.1, -0.05) is 0 Å². The van der Waals surface area contributed by atoms with Crippen molar-refractivity contribution in [1.29, 1.82) is 0 Å². The first kappa shape index (κ1) is 18.7. The Hall–Kier alpha value is -2.68. The first-order valence-electron chi connectivity index (χ1n) is 9.26. The van der Waals surface area contributed by atoms with Crippen molar-refractivity contribution in [3.8, 4) is 5.82 Å². The van der Waals surface area contributed by atoms with E-state index in [2.05, 4.69) is 38.7 Å². The van der Waals surface area contributed by atoms with Crippen molar-refractivity contribution in [3.63, 3.8) is 0 Å². The maximum absolute atomic E-state index is 13.7. The first-order valence-corrected chi connectivity index (χ1v) is 9.26. The normalized spacial score (nSPS) is 18.8. The van der Waals surface area contributed by atoms with Crippen molar-refractivity contribution in [3.05, 3.63) is 36.0 Å². The van der Waals surface area contributed by atoms with Gasteiger partial charge in [-0.05, 0) is 27.0 Å². The summed E-state index contributed by atoms with van der Waals surface area (Å²) in [5.41, 5.74) is 1.61. The molecule has 1 saturated heterocycles. The minimum atomic E-state index is -3.12. The van der Waals surface area contributed by atoms with Crippen molar-refractivity contribution in [2.75, 3.05) is 31.6 Å². The Balaban J connectivity index is 1.85. The number of hydrogen-bond acceptors (Lipinski definition) is 6. The van der Waals surface area contributed by atoms with Gasteiger partial charge in [-0.25, -0.2) is 14.6 Å². The molecule has 0 spiro atoms. The highest BCUT2D eigenvalue weighted by Gasteiger charge is 2.29. The monoisotopic (exact) mass is 387 g/mol. The highest BCUT2D eigenvalue weighted by atomic mass is 19.3. The molecule has 7 nitrogen and oxygen atoms in total. The fourth-order valence-corrected chi connectivity index (χ4v) is 3.42. The van der Waals surface area contributed by atoms with Crippen molar-refractivity contribution >= 4 is 16.7 Å². The molecule has 0 amide bonds. The van der Waals surface area contributed by atoms with Gasteiger partial charge in [0.25, 0.3) is 0 Å². The number of fused-ring (bicyclic) bond motifs is 1. The lowest BCUT2D eigenvalue weighted by molar-refractivity contribution is 0.00763. The molecule has 4 heterocycles. The van der Waals surface area contributed by atoms with Gasteiger partial charge in [-0.2, -0.15) is 8.78 Å². The van der Waals surface area contributed by atoms with Gasteiger partial charge >= 0.3 is 5.92 Å². The van der Waals surface area contributed by atoms with Crippen molar-refractivity contribution in [2.24, 2.45) is 0 Å². The second-order valence-electron chi connectivity index (χ2n) is 7.48. The van der Waals surface area contributed by atoms with Crippen LogP contribution in [0.3, 0.4) is 0 Å². The molecule has 0 aliphatic carbocycles. The first-order chi connectivity index (χ1) is 13.2. The maximum Gasteiger partial charge on any atom is 0.303 e. The highest BCUT2D eigenvalue weighted by molar-refractivity contribution is 5.91. The zero-order valence-electron chi connectivity index (χ0n) is 16.4. The molecule has 0 bridgehead atoms. The van der Waals surface area contributed by atoms with Gasteiger partial charge in [0.05, 0.1) is 10.9 Å². The Labute approximate surface area is 162 Å².